The molecule has 4 aromatic rings. The largest absolute Gasteiger partial charge is 0.269 e. The van der Waals surface area contributed by atoms with Crippen molar-refractivity contribution in [3.8, 4) is 0 Å². The van der Waals surface area contributed by atoms with Gasteiger partial charge in [0, 0.05) is 45.1 Å². The topological polar surface area (TPSA) is 43.1 Å². The zero-order chi connectivity index (χ0) is 21.6. The molecule has 154 valence electrons. The van der Waals surface area contributed by atoms with Crippen LogP contribution in [0.25, 0.3) is 0 Å². The summed E-state index contributed by atoms with van der Waals surface area (Å²) in [4.78, 5) is 17.3. The molecule has 0 saturated carbocycles. The van der Waals surface area contributed by atoms with Crippen LogP contribution in [-0.2, 0) is 0 Å². The van der Waals surface area contributed by atoms with E-state index in [1.807, 2.05) is 0 Å². The third-order valence-electron chi connectivity index (χ3n) is 4.22. The number of rotatable bonds is 7. The first kappa shape index (κ1) is 22.3. The first-order chi connectivity index (χ1) is 15.0. The Labute approximate surface area is 207 Å². The maximum Gasteiger partial charge on any atom is 0.269 e. The van der Waals surface area contributed by atoms with Crippen molar-refractivity contribution < 1.29 is 4.92 Å². The third-order valence-corrected chi connectivity index (χ3v) is 7.98. The van der Waals surface area contributed by atoms with Crippen LogP contribution in [0, 0.1) is 13.7 Å². The summed E-state index contributed by atoms with van der Waals surface area (Å²) in [6.45, 7) is 0. The molecule has 0 spiro atoms. The average molecular weight is 574 g/mol. The summed E-state index contributed by atoms with van der Waals surface area (Å²) in [5.74, 6) is 0. The summed E-state index contributed by atoms with van der Waals surface area (Å²) in [5, 5.41) is 10.8. The molecular formula is C24H16INO2S3. The number of benzene rings is 4. The van der Waals surface area contributed by atoms with E-state index in [9.17, 15) is 10.1 Å². The van der Waals surface area contributed by atoms with Crippen LogP contribution in [0.3, 0.4) is 0 Å². The van der Waals surface area contributed by atoms with Crippen LogP contribution in [0.1, 0.15) is 0 Å². The van der Waals surface area contributed by atoms with Gasteiger partial charge in [-0.1, -0.05) is 35.3 Å². The van der Waals surface area contributed by atoms with Crippen LogP contribution in [0.15, 0.2) is 126 Å². The van der Waals surface area contributed by atoms with Crippen LogP contribution in [0.2, 0.25) is 0 Å². The van der Waals surface area contributed by atoms with Gasteiger partial charge in [0.1, 0.15) is 0 Å². The molecule has 0 atom stereocenters. The molecule has 0 aliphatic carbocycles. The standard InChI is InChI=1S/C24H16INO2S3/c25-17-1-5-19(6-2-17)29-21-9-13-23(14-10-21)31-24-15-11-22(12-16-24)30-20-7-3-18(4-8-20)26(27)28/h1-16H. The molecule has 7 heteroatoms. The van der Waals surface area contributed by atoms with Gasteiger partial charge in [-0.15, -0.1) is 0 Å². The van der Waals surface area contributed by atoms with Crippen molar-refractivity contribution in [2.75, 3.05) is 0 Å². The fourth-order valence-electron chi connectivity index (χ4n) is 2.70. The molecule has 0 aromatic heterocycles. The van der Waals surface area contributed by atoms with Crippen molar-refractivity contribution in [2.45, 2.75) is 29.4 Å². The first-order valence-electron chi connectivity index (χ1n) is 9.29. The zero-order valence-electron chi connectivity index (χ0n) is 16.1. The molecule has 0 heterocycles. The van der Waals surface area contributed by atoms with E-state index >= 15 is 0 Å². The molecule has 0 radical (unpaired) electrons. The van der Waals surface area contributed by atoms with Crippen LogP contribution in [0.4, 0.5) is 5.69 Å². The van der Waals surface area contributed by atoms with Crippen LogP contribution < -0.4 is 0 Å². The number of non-ortho nitro benzene ring substituents is 1. The molecule has 0 amide bonds. The normalized spacial score (nSPS) is 10.7. The van der Waals surface area contributed by atoms with E-state index in [1.54, 1.807) is 47.4 Å². The summed E-state index contributed by atoms with van der Waals surface area (Å²) >= 11 is 7.40. The van der Waals surface area contributed by atoms with Gasteiger partial charge >= 0.3 is 0 Å². The molecular weight excluding hydrogens is 557 g/mol. The molecule has 3 nitrogen and oxygen atoms in total. The molecule has 4 rings (SSSR count). The minimum Gasteiger partial charge on any atom is -0.258 e. The predicted molar refractivity (Wildman–Crippen MR) is 138 cm³/mol. The van der Waals surface area contributed by atoms with Gasteiger partial charge in [-0.2, -0.15) is 0 Å². The number of halogens is 1. The van der Waals surface area contributed by atoms with Crippen molar-refractivity contribution in [1.82, 2.24) is 0 Å². The summed E-state index contributed by atoms with van der Waals surface area (Å²) in [6, 6.07) is 32.1. The Balaban J connectivity index is 1.35. The van der Waals surface area contributed by atoms with Crippen molar-refractivity contribution in [3.63, 3.8) is 0 Å². The molecule has 0 saturated heterocycles. The Morgan fingerprint density at radius 3 is 1.06 bits per heavy atom. The van der Waals surface area contributed by atoms with E-state index in [1.165, 1.54) is 35.3 Å². The molecule has 0 bridgehead atoms. The minimum absolute atomic E-state index is 0.110. The third kappa shape index (κ3) is 6.52. The van der Waals surface area contributed by atoms with Crippen LogP contribution in [-0.4, -0.2) is 4.92 Å². The Morgan fingerprint density at radius 1 is 0.516 bits per heavy atom. The van der Waals surface area contributed by atoms with Gasteiger partial charge in [0.2, 0.25) is 0 Å². The highest BCUT2D eigenvalue weighted by atomic mass is 127. The number of hydrogen-bond acceptors (Lipinski definition) is 5. The van der Waals surface area contributed by atoms with E-state index in [0.29, 0.717) is 0 Å². The molecule has 0 unspecified atom stereocenters. The van der Waals surface area contributed by atoms with Crippen molar-refractivity contribution in [3.05, 3.63) is 111 Å². The predicted octanol–water partition coefficient (Wildman–Crippen LogP) is 8.65. The Bertz CT molecular complexity index is 1160. The molecule has 31 heavy (non-hydrogen) atoms. The fourth-order valence-corrected chi connectivity index (χ4v) is 5.51. The Morgan fingerprint density at radius 2 is 0.774 bits per heavy atom. The average Bonchev–Trinajstić information content (AvgIpc) is 2.78. The number of hydrogen-bond donors (Lipinski definition) is 0. The number of nitro benzene ring substituents is 1. The van der Waals surface area contributed by atoms with Crippen molar-refractivity contribution in [1.29, 1.82) is 0 Å². The Kier molecular flexibility index (Phi) is 7.60. The second-order valence-corrected chi connectivity index (χ2v) is 11.1. The van der Waals surface area contributed by atoms with E-state index < -0.39 is 0 Å². The highest BCUT2D eigenvalue weighted by Gasteiger charge is 2.06. The van der Waals surface area contributed by atoms with Crippen LogP contribution >= 0.6 is 57.9 Å². The first-order valence-corrected chi connectivity index (χ1v) is 12.8. The smallest absolute Gasteiger partial charge is 0.258 e. The summed E-state index contributed by atoms with van der Waals surface area (Å²) in [7, 11) is 0. The van der Waals surface area contributed by atoms with E-state index in [4.69, 9.17) is 0 Å². The summed E-state index contributed by atoms with van der Waals surface area (Å²) in [6.07, 6.45) is 0. The van der Waals surface area contributed by atoms with Gasteiger partial charge in [-0.05, 0) is 108 Å². The molecule has 0 N–H and O–H groups in total. The maximum atomic E-state index is 10.8. The second kappa shape index (κ2) is 10.6. The minimum atomic E-state index is -0.381. The molecule has 4 aromatic carbocycles. The molecule has 0 aliphatic rings. The van der Waals surface area contributed by atoms with Gasteiger partial charge in [-0.25, -0.2) is 0 Å². The maximum absolute atomic E-state index is 10.8. The van der Waals surface area contributed by atoms with E-state index in [2.05, 4.69) is 95.4 Å². The van der Waals surface area contributed by atoms with Crippen molar-refractivity contribution >= 4 is 63.6 Å². The quantitative estimate of drug-likeness (QED) is 0.126. The van der Waals surface area contributed by atoms with E-state index in [0.717, 1.165) is 9.79 Å². The lowest BCUT2D eigenvalue weighted by molar-refractivity contribution is -0.384. The van der Waals surface area contributed by atoms with Gasteiger partial charge < -0.3 is 0 Å². The number of nitro groups is 1. The lowest BCUT2D eigenvalue weighted by Gasteiger charge is -2.06. The summed E-state index contributed by atoms with van der Waals surface area (Å²) < 4.78 is 1.24. The lowest BCUT2D eigenvalue weighted by Crippen LogP contribution is -1.86. The zero-order valence-corrected chi connectivity index (χ0v) is 20.7. The van der Waals surface area contributed by atoms with Crippen molar-refractivity contribution in [2.24, 2.45) is 0 Å². The van der Waals surface area contributed by atoms with Gasteiger partial charge in [0.25, 0.3) is 5.69 Å². The molecule has 0 aliphatic heterocycles. The number of nitrogens with zero attached hydrogens (tertiary/aromatic N) is 1. The second-order valence-electron chi connectivity index (χ2n) is 6.45. The van der Waals surface area contributed by atoms with Gasteiger partial charge in [0.15, 0.2) is 0 Å². The monoisotopic (exact) mass is 573 g/mol. The fraction of sp³-hybridized carbons (Fsp3) is 0. The Hall–Kier alpha value is -1.94. The van der Waals surface area contributed by atoms with Crippen LogP contribution in [0.5, 0.6) is 0 Å². The highest BCUT2D eigenvalue weighted by Crippen LogP contribution is 2.34. The lowest BCUT2D eigenvalue weighted by atomic mass is 10.3. The van der Waals surface area contributed by atoms with E-state index in [-0.39, 0.29) is 10.6 Å². The van der Waals surface area contributed by atoms with Gasteiger partial charge in [-0.3, -0.25) is 10.1 Å². The SMILES string of the molecule is O=[N+]([O-])c1ccc(Sc2ccc(Sc3ccc(Sc4ccc(I)cc4)cc3)cc2)cc1. The van der Waals surface area contributed by atoms with Gasteiger partial charge in [0.05, 0.1) is 4.92 Å². The highest BCUT2D eigenvalue weighted by molar-refractivity contribution is 14.1. The summed E-state index contributed by atoms with van der Waals surface area (Å²) in [5.41, 5.74) is 0.110. The molecule has 0 fully saturated rings.